The number of thioether (sulfide) groups is 1. The van der Waals surface area contributed by atoms with Crippen molar-refractivity contribution < 1.29 is 0 Å². The van der Waals surface area contributed by atoms with Gasteiger partial charge in [0, 0.05) is 17.5 Å². The van der Waals surface area contributed by atoms with E-state index in [1.54, 1.807) is 0 Å². The molecule has 0 aromatic heterocycles. The highest BCUT2D eigenvalue weighted by molar-refractivity contribution is 7.98. The predicted molar refractivity (Wildman–Crippen MR) is 84.1 cm³/mol. The third kappa shape index (κ3) is 5.92. The van der Waals surface area contributed by atoms with Gasteiger partial charge in [-0.3, -0.25) is 0 Å². The van der Waals surface area contributed by atoms with Gasteiger partial charge in [0.1, 0.15) is 0 Å². The van der Waals surface area contributed by atoms with Crippen LogP contribution in [-0.4, -0.2) is 18.3 Å². The highest BCUT2D eigenvalue weighted by Gasteiger charge is 2.14. The van der Waals surface area contributed by atoms with Gasteiger partial charge in [-0.25, -0.2) is 0 Å². The van der Waals surface area contributed by atoms with E-state index in [0.29, 0.717) is 6.04 Å². The second kappa shape index (κ2) is 9.46. The van der Waals surface area contributed by atoms with Crippen molar-refractivity contribution in [2.75, 3.05) is 12.3 Å². The van der Waals surface area contributed by atoms with E-state index in [2.05, 4.69) is 56.4 Å². The molecule has 0 aliphatic carbocycles. The molecule has 18 heavy (non-hydrogen) atoms. The molecule has 0 spiro atoms. The highest BCUT2D eigenvalue weighted by atomic mass is 32.2. The van der Waals surface area contributed by atoms with E-state index in [1.165, 1.54) is 24.2 Å². The molecule has 0 heterocycles. The van der Waals surface area contributed by atoms with Gasteiger partial charge in [0.2, 0.25) is 0 Å². The average molecular weight is 265 g/mol. The quantitative estimate of drug-likeness (QED) is 0.713. The zero-order valence-corrected chi connectivity index (χ0v) is 12.8. The summed E-state index contributed by atoms with van der Waals surface area (Å²) in [6.45, 7) is 8.02. The van der Waals surface area contributed by atoms with Crippen LogP contribution in [0.15, 0.2) is 30.3 Å². The summed E-state index contributed by atoms with van der Waals surface area (Å²) in [7, 11) is 0. The molecule has 2 heteroatoms. The number of benzene rings is 1. The van der Waals surface area contributed by atoms with E-state index in [0.717, 1.165) is 18.2 Å². The Bertz CT molecular complexity index is 299. The minimum Gasteiger partial charge on any atom is -0.313 e. The van der Waals surface area contributed by atoms with E-state index in [-0.39, 0.29) is 0 Å². The molecule has 102 valence electrons. The zero-order valence-electron chi connectivity index (χ0n) is 12.0. The molecule has 2 unspecified atom stereocenters. The maximum Gasteiger partial charge on any atom is 0.0185 e. The molecule has 1 rings (SSSR count). The fraction of sp³-hybridized carbons (Fsp3) is 0.625. The van der Waals surface area contributed by atoms with Crippen molar-refractivity contribution in [1.29, 1.82) is 0 Å². The Morgan fingerprint density at radius 2 is 1.89 bits per heavy atom. The standard InChI is InChI=1S/C16H27NS/c1-4-11-17-16(14(3)5-2)13-18-12-15-9-7-6-8-10-15/h6-10,14,16-17H,4-5,11-13H2,1-3H3. The first-order chi connectivity index (χ1) is 8.77. The van der Waals surface area contributed by atoms with Crippen molar-refractivity contribution in [3.8, 4) is 0 Å². The van der Waals surface area contributed by atoms with Crippen LogP contribution in [0.1, 0.15) is 39.2 Å². The predicted octanol–water partition coefficient (Wildman–Crippen LogP) is 4.33. The normalized spacial score (nSPS) is 14.4. The Morgan fingerprint density at radius 3 is 2.50 bits per heavy atom. The summed E-state index contributed by atoms with van der Waals surface area (Å²) < 4.78 is 0. The van der Waals surface area contributed by atoms with Crippen molar-refractivity contribution in [3.05, 3.63) is 35.9 Å². The molecule has 0 bridgehead atoms. The van der Waals surface area contributed by atoms with E-state index >= 15 is 0 Å². The van der Waals surface area contributed by atoms with Gasteiger partial charge in [0.25, 0.3) is 0 Å². The van der Waals surface area contributed by atoms with Crippen LogP contribution in [0.3, 0.4) is 0 Å². The summed E-state index contributed by atoms with van der Waals surface area (Å²) in [6.07, 6.45) is 2.48. The van der Waals surface area contributed by atoms with Gasteiger partial charge in [-0.15, -0.1) is 0 Å². The van der Waals surface area contributed by atoms with E-state index in [1.807, 2.05) is 11.8 Å². The Hall–Kier alpha value is -0.470. The molecule has 0 aliphatic rings. The van der Waals surface area contributed by atoms with Gasteiger partial charge in [0.15, 0.2) is 0 Å². The Morgan fingerprint density at radius 1 is 1.17 bits per heavy atom. The van der Waals surface area contributed by atoms with Crippen LogP contribution in [0.4, 0.5) is 0 Å². The van der Waals surface area contributed by atoms with E-state index in [4.69, 9.17) is 0 Å². The fourth-order valence-corrected chi connectivity index (χ4v) is 3.16. The Kier molecular flexibility index (Phi) is 8.19. The minimum atomic E-state index is 0.656. The third-order valence-electron chi connectivity index (χ3n) is 3.40. The number of hydrogen-bond acceptors (Lipinski definition) is 2. The molecule has 0 radical (unpaired) electrons. The smallest absolute Gasteiger partial charge is 0.0185 e. The highest BCUT2D eigenvalue weighted by Crippen LogP contribution is 2.17. The van der Waals surface area contributed by atoms with Crippen molar-refractivity contribution in [2.45, 2.75) is 45.4 Å². The van der Waals surface area contributed by atoms with Crippen molar-refractivity contribution >= 4 is 11.8 Å². The van der Waals surface area contributed by atoms with Gasteiger partial charge in [-0.05, 0) is 24.4 Å². The molecule has 2 atom stereocenters. The summed E-state index contributed by atoms with van der Waals surface area (Å²) >= 11 is 2.05. The third-order valence-corrected chi connectivity index (χ3v) is 4.53. The Labute approximate surface area is 117 Å². The summed E-state index contributed by atoms with van der Waals surface area (Å²) in [6, 6.07) is 11.4. The zero-order chi connectivity index (χ0) is 13.2. The number of nitrogens with one attached hydrogen (secondary N) is 1. The lowest BCUT2D eigenvalue weighted by Gasteiger charge is -2.24. The first kappa shape index (κ1) is 15.6. The van der Waals surface area contributed by atoms with Crippen LogP contribution in [0, 0.1) is 5.92 Å². The second-order valence-corrected chi connectivity index (χ2v) is 5.98. The van der Waals surface area contributed by atoms with Crippen LogP contribution in [0.5, 0.6) is 0 Å². The van der Waals surface area contributed by atoms with Crippen LogP contribution in [0.2, 0.25) is 0 Å². The lowest BCUT2D eigenvalue weighted by Crippen LogP contribution is -2.37. The molecule has 0 saturated carbocycles. The molecule has 1 aromatic rings. The fourth-order valence-electron chi connectivity index (χ4n) is 1.92. The van der Waals surface area contributed by atoms with Crippen LogP contribution >= 0.6 is 11.8 Å². The molecule has 0 amide bonds. The van der Waals surface area contributed by atoms with Crippen molar-refractivity contribution in [3.63, 3.8) is 0 Å². The molecule has 1 nitrogen and oxygen atoms in total. The monoisotopic (exact) mass is 265 g/mol. The minimum absolute atomic E-state index is 0.656. The van der Waals surface area contributed by atoms with Gasteiger partial charge >= 0.3 is 0 Å². The first-order valence-electron chi connectivity index (χ1n) is 7.13. The Balaban J connectivity index is 2.32. The van der Waals surface area contributed by atoms with Gasteiger partial charge in [0.05, 0.1) is 0 Å². The molecule has 1 N–H and O–H groups in total. The molecule has 0 saturated heterocycles. The maximum atomic E-state index is 3.69. The summed E-state index contributed by atoms with van der Waals surface area (Å²) in [4.78, 5) is 0. The van der Waals surface area contributed by atoms with E-state index < -0.39 is 0 Å². The molecule has 1 aromatic carbocycles. The van der Waals surface area contributed by atoms with Gasteiger partial charge < -0.3 is 5.32 Å². The molecular weight excluding hydrogens is 238 g/mol. The molecule has 0 aliphatic heterocycles. The summed E-state index contributed by atoms with van der Waals surface area (Å²) in [5.74, 6) is 3.10. The lowest BCUT2D eigenvalue weighted by molar-refractivity contribution is 0.397. The largest absolute Gasteiger partial charge is 0.313 e. The van der Waals surface area contributed by atoms with Crippen molar-refractivity contribution in [1.82, 2.24) is 5.32 Å². The summed E-state index contributed by atoms with van der Waals surface area (Å²) in [5, 5.41) is 3.69. The number of rotatable bonds is 9. The molecule has 0 fully saturated rings. The first-order valence-corrected chi connectivity index (χ1v) is 8.28. The summed E-state index contributed by atoms with van der Waals surface area (Å²) in [5.41, 5.74) is 1.43. The number of hydrogen-bond donors (Lipinski definition) is 1. The average Bonchev–Trinajstić information content (AvgIpc) is 2.43. The second-order valence-electron chi connectivity index (χ2n) is 4.95. The van der Waals surface area contributed by atoms with Crippen LogP contribution in [-0.2, 0) is 5.75 Å². The van der Waals surface area contributed by atoms with E-state index in [9.17, 15) is 0 Å². The maximum absolute atomic E-state index is 3.69. The van der Waals surface area contributed by atoms with Crippen molar-refractivity contribution in [2.24, 2.45) is 5.92 Å². The van der Waals surface area contributed by atoms with Crippen LogP contribution in [0.25, 0.3) is 0 Å². The van der Waals surface area contributed by atoms with Gasteiger partial charge in [-0.2, -0.15) is 11.8 Å². The SMILES string of the molecule is CCCNC(CSCc1ccccc1)C(C)CC. The van der Waals surface area contributed by atoms with Crippen LogP contribution < -0.4 is 5.32 Å². The lowest BCUT2D eigenvalue weighted by atomic mass is 10.0. The topological polar surface area (TPSA) is 12.0 Å². The molecular formula is C16H27NS. The van der Waals surface area contributed by atoms with Gasteiger partial charge in [-0.1, -0.05) is 57.5 Å².